The van der Waals surface area contributed by atoms with Crippen LogP contribution < -0.4 is 15.0 Å². The molecule has 0 saturated carbocycles. The van der Waals surface area contributed by atoms with Crippen molar-refractivity contribution in [2.24, 2.45) is 0 Å². The van der Waals surface area contributed by atoms with Crippen molar-refractivity contribution in [3.05, 3.63) is 54.4 Å². The largest absolute Gasteiger partial charge is 0.494 e. The van der Waals surface area contributed by atoms with Crippen LogP contribution in [0.4, 0.5) is 11.4 Å². The fourth-order valence-corrected chi connectivity index (χ4v) is 4.22. The molecule has 1 aliphatic heterocycles. The zero-order chi connectivity index (χ0) is 20.2. The maximum atomic E-state index is 12.7. The number of rotatable bonds is 5. The molecule has 0 bridgehead atoms. The summed E-state index contributed by atoms with van der Waals surface area (Å²) in [5, 5.41) is 9.62. The van der Waals surface area contributed by atoms with E-state index in [4.69, 9.17) is 4.74 Å². The van der Waals surface area contributed by atoms with E-state index in [-0.39, 0.29) is 5.91 Å². The molecule has 3 aromatic rings. The second-order valence-electron chi connectivity index (χ2n) is 6.55. The first-order chi connectivity index (χ1) is 14.1. The lowest BCUT2D eigenvalue weighted by Crippen LogP contribution is -2.37. The molecule has 0 aliphatic carbocycles. The van der Waals surface area contributed by atoms with E-state index in [9.17, 15) is 9.00 Å². The van der Waals surface area contributed by atoms with Gasteiger partial charge >= 0.3 is 0 Å². The predicted octanol–water partition coefficient (Wildman–Crippen LogP) is 2.30. The Balaban J connectivity index is 1.52. The quantitative estimate of drug-likeness (QED) is 0.668. The molecule has 0 atom stereocenters. The van der Waals surface area contributed by atoms with Gasteiger partial charge in [0, 0.05) is 53.3 Å². The predicted molar refractivity (Wildman–Crippen MR) is 113 cm³/mol. The van der Waals surface area contributed by atoms with Gasteiger partial charge in [-0.15, -0.1) is 0 Å². The van der Waals surface area contributed by atoms with Gasteiger partial charge in [0.1, 0.15) is 11.4 Å². The number of hydrogen-bond donors (Lipinski definition) is 2. The molecule has 1 aliphatic rings. The molecule has 1 fully saturated rings. The smallest absolute Gasteiger partial charge is 0.274 e. The first-order valence-corrected chi connectivity index (χ1v) is 10.7. The molecule has 2 aromatic heterocycles. The number of H-pyrrole nitrogens is 1. The molecule has 8 nitrogen and oxygen atoms in total. The van der Waals surface area contributed by atoms with Crippen LogP contribution in [0.2, 0.25) is 0 Å². The number of aromatic amines is 1. The highest BCUT2D eigenvalue weighted by molar-refractivity contribution is 7.85. The van der Waals surface area contributed by atoms with Crippen LogP contribution in [0.25, 0.3) is 11.4 Å². The molecule has 4 rings (SSSR count). The van der Waals surface area contributed by atoms with Crippen LogP contribution in [0.15, 0.2) is 48.7 Å². The monoisotopic (exact) mass is 411 g/mol. The summed E-state index contributed by atoms with van der Waals surface area (Å²) in [6.45, 7) is 1.48. The number of hydrogen-bond acceptors (Lipinski definition) is 6. The lowest BCUT2D eigenvalue weighted by atomic mass is 10.2. The SMILES string of the molecule is COc1cc(N2CCS(=O)CC2)ccc1NC(=O)c1cccc(-c2ccn[nH]2)n1. The minimum Gasteiger partial charge on any atom is -0.494 e. The molecule has 1 saturated heterocycles. The maximum absolute atomic E-state index is 12.7. The third-order valence-corrected chi connectivity index (χ3v) is 6.01. The Morgan fingerprint density at radius 3 is 2.76 bits per heavy atom. The summed E-state index contributed by atoms with van der Waals surface area (Å²) in [6, 6.07) is 12.7. The number of amides is 1. The van der Waals surface area contributed by atoms with Gasteiger partial charge in [-0.3, -0.25) is 14.1 Å². The summed E-state index contributed by atoms with van der Waals surface area (Å²) in [5.74, 6) is 1.57. The zero-order valence-electron chi connectivity index (χ0n) is 15.9. The number of pyridine rings is 1. The van der Waals surface area contributed by atoms with E-state index < -0.39 is 10.8 Å². The third-order valence-electron chi connectivity index (χ3n) is 4.73. The standard InChI is InChI=1S/C20H21N5O3S/c1-28-19-13-14(25-9-11-29(27)12-10-25)5-6-17(19)23-20(26)18-4-2-3-15(22-18)16-7-8-21-24-16/h2-8,13H,9-12H2,1H3,(H,21,24)(H,23,26). The van der Waals surface area contributed by atoms with Gasteiger partial charge in [-0.05, 0) is 30.3 Å². The van der Waals surface area contributed by atoms with Crippen molar-refractivity contribution < 1.29 is 13.7 Å². The van der Waals surface area contributed by atoms with Crippen LogP contribution in [-0.2, 0) is 10.8 Å². The Labute approximate surface area is 170 Å². The van der Waals surface area contributed by atoms with Crippen LogP contribution in [0, 0.1) is 0 Å². The van der Waals surface area contributed by atoms with E-state index in [0.717, 1.165) is 24.5 Å². The molecule has 1 aromatic carbocycles. The number of aromatic nitrogens is 3. The lowest BCUT2D eigenvalue weighted by molar-refractivity contribution is 0.102. The van der Waals surface area contributed by atoms with Crippen molar-refractivity contribution in [3.63, 3.8) is 0 Å². The van der Waals surface area contributed by atoms with Crippen LogP contribution in [-0.4, -0.2) is 57.0 Å². The average Bonchev–Trinajstić information content (AvgIpc) is 3.30. The van der Waals surface area contributed by atoms with Crippen LogP contribution in [0.5, 0.6) is 5.75 Å². The second kappa shape index (κ2) is 8.44. The molecule has 0 radical (unpaired) electrons. The van der Waals surface area contributed by atoms with Crippen LogP contribution in [0.1, 0.15) is 10.5 Å². The number of benzene rings is 1. The van der Waals surface area contributed by atoms with E-state index >= 15 is 0 Å². The van der Waals surface area contributed by atoms with Gasteiger partial charge in [0.05, 0.1) is 24.2 Å². The van der Waals surface area contributed by atoms with Crippen molar-refractivity contribution in [2.75, 3.05) is 41.9 Å². The molecule has 3 heterocycles. The van der Waals surface area contributed by atoms with Gasteiger partial charge < -0.3 is 15.0 Å². The molecule has 2 N–H and O–H groups in total. The lowest BCUT2D eigenvalue weighted by Gasteiger charge is -2.29. The third kappa shape index (κ3) is 4.29. The second-order valence-corrected chi connectivity index (χ2v) is 8.25. The van der Waals surface area contributed by atoms with Crippen LogP contribution in [0.3, 0.4) is 0 Å². The number of ether oxygens (including phenoxy) is 1. The summed E-state index contributed by atoms with van der Waals surface area (Å²) in [7, 11) is 0.835. The molecule has 29 heavy (non-hydrogen) atoms. The van der Waals surface area contributed by atoms with Gasteiger partial charge in [-0.25, -0.2) is 4.98 Å². The molecule has 1 amide bonds. The normalized spacial score (nSPS) is 14.6. The first-order valence-electron chi connectivity index (χ1n) is 9.20. The van der Waals surface area contributed by atoms with Crippen molar-refractivity contribution in [1.29, 1.82) is 0 Å². The fraction of sp³-hybridized carbons (Fsp3) is 0.250. The molecule has 0 spiro atoms. The van der Waals surface area contributed by atoms with Gasteiger partial charge in [0.25, 0.3) is 5.91 Å². The number of nitrogens with zero attached hydrogens (tertiary/aromatic N) is 3. The van der Waals surface area contributed by atoms with Crippen molar-refractivity contribution >= 4 is 28.1 Å². The van der Waals surface area contributed by atoms with E-state index in [0.29, 0.717) is 34.3 Å². The minimum absolute atomic E-state index is 0.293. The minimum atomic E-state index is -0.731. The summed E-state index contributed by atoms with van der Waals surface area (Å²) in [5.41, 5.74) is 3.22. The van der Waals surface area contributed by atoms with Gasteiger partial charge in [0.15, 0.2) is 0 Å². The highest BCUT2D eigenvalue weighted by Gasteiger charge is 2.18. The summed E-state index contributed by atoms with van der Waals surface area (Å²) in [4.78, 5) is 19.3. The molecule has 0 unspecified atom stereocenters. The number of carbonyl (C=O) groups is 1. The number of anilines is 2. The van der Waals surface area contributed by atoms with E-state index in [1.807, 2.05) is 24.3 Å². The van der Waals surface area contributed by atoms with Crippen molar-refractivity contribution in [3.8, 4) is 17.1 Å². The Hall–Kier alpha value is -3.20. The summed E-state index contributed by atoms with van der Waals surface area (Å²) < 4.78 is 17.1. The van der Waals surface area contributed by atoms with Crippen LogP contribution >= 0.6 is 0 Å². The highest BCUT2D eigenvalue weighted by Crippen LogP contribution is 2.30. The Bertz CT molecular complexity index is 1030. The molecular weight excluding hydrogens is 390 g/mol. The fourth-order valence-electron chi connectivity index (χ4n) is 3.17. The van der Waals surface area contributed by atoms with E-state index in [1.165, 1.54) is 0 Å². The van der Waals surface area contributed by atoms with Crippen molar-refractivity contribution in [2.45, 2.75) is 0 Å². The number of methoxy groups -OCH3 is 1. The zero-order valence-corrected chi connectivity index (χ0v) is 16.7. The first kappa shape index (κ1) is 19.1. The topological polar surface area (TPSA) is 100 Å². The highest BCUT2D eigenvalue weighted by atomic mass is 32.2. The summed E-state index contributed by atoms with van der Waals surface area (Å²) >= 11 is 0. The Kier molecular flexibility index (Phi) is 5.57. The van der Waals surface area contributed by atoms with Gasteiger partial charge in [-0.1, -0.05) is 6.07 Å². The molecular formula is C20H21N5O3S. The number of nitrogens with one attached hydrogen (secondary N) is 2. The maximum Gasteiger partial charge on any atom is 0.274 e. The summed E-state index contributed by atoms with van der Waals surface area (Å²) in [6.07, 6.45) is 1.64. The average molecular weight is 411 g/mol. The van der Waals surface area contributed by atoms with E-state index in [2.05, 4.69) is 25.4 Å². The van der Waals surface area contributed by atoms with Gasteiger partial charge in [0.2, 0.25) is 0 Å². The van der Waals surface area contributed by atoms with Gasteiger partial charge in [-0.2, -0.15) is 5.10 Å². The molecule has 150 valence electrons. The number of carbonyl (C=O) groups excluding carboxylic acids is 1. The van der Waals surface area contributed by atoms with E-state index in [1.54, 1.807) is 31.5 Å². The molecule has 9 heteroatoms. The Morgan fingerprint density at radius 1 is 1.21 bits per heavy atom. The van der Waals surface area contributed by atoms with Crippen molar-refractivity contribution in [1.82, 2.24) is 15.2 Å². The Morgan fingerprint density at radius 2 is 2.03 bits per heavy atom.